The predicted octanol–water partition coefficient (Wildman–Crippen LogP) is 3.36. The molecule has 2 aromatic rings. The molecule has 98 valence electrons. The summed E-state index contributed by atoms with van der Waals surface area (Å²) < 4.78 is 1.91. The first kappa shape index (κ1) is 12.0. The van der Waals surface area contributed by atoms with Crippen LogP contribution in [0.25, 0.3) is 11.3 Å². The van der Waals surface area contributed by atoms with Gasteiger partial charge in [-0.15, -0.1) is 0 Å². The molecule has 1 N–H and O–H groups in total. The number of nitrogens with zero attached hydrogens (tertiary/aromatic N) is 2. The molecule has 19 heavy (non-hydrogen) atoms. The summed E-state index contributed by atoms with van der Waals surface area (Å²) in [4.78, 5) is 11.1. The van der Waals surface area contributed by atoms with Gasteiger partial charge >= 0.3 is 5.97 Å². The van der Waals surface area contributed by atoms with E-state index in [4.69, 9.17) is 5.11 Å². The number of hydrogen-bond donors (Lipinski definition) is 1. The van der Waals surface area contributed by atoms with E-state index in [1.807, 2.05) is 35.0 Å². The second kappa shape index (κ2) is 4.88. The molecule has 4 nitrogen and oxygen atoms in total. The van der Waals surface area contributed by atoms with Crippen LogP contribution in [0.5, 0.6) is 0 Å². The van der Waals surface area contributed by atoms with Gasteiger partial charge in [-0.25, -0.2) is 4.79 Å². The Hall–Kier alpha value is -2.10. The monoisotopic (exact) mass is 256 g/mol. The number of carbonyl (C=O) groups is 1. The number of carboxylic acid groups (broad SMARTS) is 1. The van der Waals surface area contributed by atoms with Crippen LogP contribution in [-0.4, -0.2) is 20.9 Å². The zero-order valence-electron chi connectivity index (χ0n) is 10.6. The summed E-state index contributed by atoms with van der Waals surface area (Å²) in [5.74, 6) is -0.964. The van der Waals surface area contributed by atoms with Crippen molar-refractivity contribution >= 4 is 5.97 Å². The average Bonchev–Trinajstić information content (AvgIpc) is 3.08. The number of carboxylic acids is 1. The van der Waals surface area contributed by atoms with Gasteiger partial charge < -0.3 is 5.11 Å². The van der Waals surface area contributed by atoms with Crippen LogP contribution in [-0.2, 0) is 0 Å². The van der Waals surface area contributed by atoms with Crippen LogP contribution in [0.15, 0.2) is 36.4 Å². The lowest BCUT2D eigenvalue weighted by Crippen LogP contribution is -2.09. The molecular formula is C15H16N2O2. The molecule has 1 aromatic carbocycles. The molecule has 3 rings (SSSR count). The summed E-state index contributed by atoms with van der Waals surface area (Å²) >= 11 is 0. The quantitative estimate of drug-likeness (QED) is 0.916. The van der Waals surface area contributed by atoms with Crippen molar-refractivity contribution in [2.75, 3.05) is 0 Å². The van der Waals surface area contributed by atoms with Crippen LogP contribution in [0, 0.1) is 0 Å². The molecule has 4 heteroatoms. The highest BCUT2D eigenvalue weighted by molar-refractivity contribution is 5.87. The predicted molar refractivity (Wildman–Crippen MR) is 72.1 cm³/mol. The van der Waals surface area contributed by atoms with Gasteiger partial charge in [0.1, 0.15) is 0 Å². The van der Waals surface area contributed by atoms with Gasteiger partial charge in [0, 0.05) is 0 Å². The second-order valence-corrected chi connectivity index (χ2v) is 4.97. The number of rotatable bonds is 3. The van der Waals surface area contributed by atoms with Crippen molar-refractivity contribution in [3.05, 3.63) is 42.1 Å². The van der Waals surface area contributed by atoms with Crippen molar-refractivity contribution in [1.82, 2.24) is 9.78 Å². The van der Waals surface area contributed by atoms with E-state index in [1.165, 1.54) is 12.8 Å². The fourth-order valence-corrected chi connectivity index (χ4v) is 2.75. The third-order valence-corrected chi connectivity index (χ3v) is 3.69. The molecule has 0 atom stereocenters. The summed E-state index contributed by atoms with van der Waals surface area (Å²) in [6.07, 6.45) is 4.56. The summed E-state index contributed by atoms with van der Waals surface area (Å²) in [6.45, 7) is 0. The van der Waals surface area contributed by atoms with Crippen LogP contribution in [0.1, 0.15) is 42.2 Å². The summed E-state index contributed by atoms with van der Waals surface area (Å²) in [7, 11) is 0. The van der Waals surface area contributed by atoms with Crippen LogP contribution in [0.4, 0.5) is 0 Å². The Bertz CT molecular complexity index is 583. The van der Waals surface area contributed by atoms with E-state index >= 15 is 0 Å². The molecule has 0 amide bonds. The largest absolute Gasteiger partial charge is 0.476 e. The number of aromatic carboxylic acids is 1. The van der Waals surface area contributed by atoms with Gasteiger partial charge in [0.15, 0.2) is 5.69 Å². The first-order valence-corrected chi connectivity index (χ1v) is 6.64. The minimum atomic E-state index is -0.964. The van der Waals surface area contributed by atoms with E-state index < -0.39 is 5.97 Å². The molecule has 1 saturated carbocycles. The first-order chi connectivity index (χ1) is 9.25. The zero-order chi connectivity index (χ0) is 13.2. The summed E-state index contributed by atoms with van der Waals surface area (Å²) in [5, 5.41) is 13.4. The van der Waals surface area contributed by atoms with E-state index in [2.05, 4.69) is 5.10 Å². The molecule has 1 aliphatic rings. The van der Waals surface area contributed by atoms with E-state index in [-0.39, 0.29) is 5.69 Å². The maximum absolute atomic E-state index is 11.1. The van der Waals surface area contributed by atoms with Gasteiger partial charge in [-0.3, -0.25) is 4.68 Å². The molecule has 0 aliphatic heterocycles. The molecule has 0 saturated heterocycles. The second-order valence-electron chi connectivity index (χ2n) is 4.97. The molecular weight excluding hydrogens is 240 g/mol. The fraction of sp³-hybridized carbons (Fsp3) is 0.333. The van der Waals surface area contributed by atoms with E-state index in [0.29, 0.717) is 6.04 Å². The molecule has 0 unspecified atom stereocenters. The number of hydrogen-bond acceptors (Lipinski definition) is 2. The smallest absolute Gasteiger partial charge is 0.356 e. The van der Waals surface area contributed by atoms with Crippen molar-refractivity contribution in [2.24, 2.45) is 0 Å². The minimum Gasteiger partial charge on any atom is -0.476 e. The summed E-state index contributed by atoms with van der Waals surface area (Å²) in [6, 6.07) is 11.9. The van der Waals surface area contributed by atoms with Crippen LogP contribution in [0.3, 0.4) is 0 Å². The van der Waals surface area contributed by atoms with Crippen molar-refractivity contribution < 1.29 is 9.90 Å². The lowest BCUT2D eigenvalue weighted by atomic mass is 10.1. The Morgan fingerprint density at radius 2 is 1.89 bits per heavy atom. The normalized spacial score (nSPS) is 15.8. The zero-order valence-corrected chi connectivity index (χ0v) is 10.6. The van der Waals surface area contributed by atoms with Crippen molar-refractivity contribution in [2.45, 2.75) is 31.7 Å². The average molecular weight is 256 g/mol. The molecule has 1 aromatic heterocycles. The van der Waals surface area contributed by atoms with Gasteiger partial charge in [0.25, 0.3) is 0 Å². The highest BCUT2D eigenvalue weighted by atomic mass is 16.4. The fourth-order valence-electron chi connectivity index (χ4n) is 2.75. The standard InChI is InChI=1S/C15H16N2O2/c18-15(19)13-10-14(11-6-2-1-3-7-11)17(16-13)12-8-4-5-9-12/h1-3,6-7,10,12H,4-5,8-9H2,(H,18,19). The Morgan fingerprint density at radius 1 is 1.21 bits per heavy atom. The van der Waals surface area contributed by atoms with Crippen LogP contribution in [0.2, 0.25) is 0 Å². The SMILES string of the molecule is O=C(O)c1cc(-c2ccccc2)n(C2CCCC2)n1. The first-order valence-electron chi connectivity index (χ1n) is 6.64. The summed E-state index contributed by atoms with van der Waals surface area (Å²) in [5.41, 5.74) is 2.06. The van der Waals surface area contributed by atoms with Gasteiger partial charge in [-0.1, -0.05) is 43.2 Å². The van der Waals surface area contributed by atoms with Gasteiger partial charge in [0.05, 0.1) is 11.7 Å². The molecule has 1 heterocycles. The maximum atomic E-state index is 11.1. The molecule has 1 fully saturated rings. The van der Waals surface area contributed by atoms with Crippen LogP contribution < -0.4 is 0 Å². The topological polar surface area (TPSA) is 55.1 Å². The molecule has 0 bridgehead atoms. The van der Waals surface area contributed by atoms with E-state index in [0.717, 1.165) is 24.1 Å². The molecule has 0 spiro atoms. The minimum absolute atomic E-state index is 0.130. The van der Waals surface area contributed by atoms with E-state index in [1.54, 1.807) is 6.07 Å². The van der Waals surface area contributed by atoms with Gasteiger partial charge in [0.2, 0.25) is 0 Å². The Morgan fingerprint density at radius 3 is 2.53 bits per heavy atom. The highest BCUT2D eigenvalue weighted by Crippen LogP contribution is 2.33. The van der Waals surface area contributed by atoms with E-state index in [9.17, 15) is 4.79 Å². The lowest BCUT2D eigenvalue weighted by Gasteiger charge is -2.14. The van der Waals surface area contributed by atoms with Gasteiger partial charge in [-0.2, -0.15) is 5.10 Å². The van der Waals surface area contributed by atoms with Gasteiger partial charge in [-0.05, 0) is 24.5 Å². The number of aromatic nitrogens is 2. The Balaban J connectivity index is 2.08. The van der Waals surface area contributed by atoms with Crippen molar-refractivity contribution in [3.8, 4) is 11.3 Å². The van der Waals surface area contributed by atoms with Crippen molar-refractivity contribution in [3.63, 3.8) is 0 Å². The highest BCUT2D eigenvalue weighted by Gasteiger charge is 2.23. The number of benzene rings is 1. The van der Waals surface area contributed by atoms with Crippen LogP contribution >= 0.6 is 0 Å². The molecule has 0 radical (unpaired) electrons. The Kier molecular flexibility index (Phi) is 3.07. The Labute approximate surface area is 111 Å². The van der Waals surface area contributed by atoms with Crippen molar-refractivity contribution in [1.29, 1.82) is 0 Å². The maximum Gasteiger partial charge on any atom is 0.356 e. The molecule has 1 aliphatic carbocycles. The third-order valence-electron chi connectivity index (χ3n) is 3.69. The lowest BCUT2D eigenvalue weighted by molar-refractivity contribution is 0.0689. The third kappa shape index (κ3) is 2.26.